The monoisotopic (exact) mass is 288 g/mol. The molecule has 0 saturated heterocycles. The third kappa shape index (κ3) is 3.42. The van der Waals surface area contributed by atoms with E-state index in [0.29, 0.717) is 23.5 Å². The molecular weight excluding hydrogens is 272 g/mol. The first-order chi connectivity index (χ1) is 7.56. The Balaban J connectivity index is 2.91. The van der Waals surface area contributed by atoms with Crippen molar-refractivity contribution in [2.45, 2.75) is 39.7 Å². The van der Waals surface area contributed by atoms with Gasteiger partial charge in [0.2, 0.25) is 0 Å². The zero-order valence-electron chi connectivity index (χ0n) is 9.84. The van der Waals surface area contributed by atoms with E-state index in [1.807, 2.05) is 20.8 Å². The van der Waals surface area contributed by atoms with Crippen LogP contribution in [0.25, 0.3) is 0 Å². The van der Waals surface area contributed by atoms with Crippen LogP contribution in [-0.2, 0) is 11.3 Å². The maximum absolute atomic E-state index is 11.6. The second kappa shape index (κ2) is 6.15. The van der Waals surface area contributed by atoms with E-state index in [9.17, 15) is 4.79 Å². The van der Waals surface area contributed by atoms with Crippen LogP contribution in [0, 0.1) is 0 Å². The number of hydrogen-bond acceptors (Lipinski definition) is 3. The van der Waals surface area contributed by atoms with Gasteiger partial charge in [-0.2, -0.15) is 0 Å². The van der Waals surface area contributed by atoms with E-state index >= 15 is 0 Å². The highest BCUT2D eigenvalue weighted by molar-refractivity contribution is 9.10. The largest absolute Gasteiger partial charge is 0.374 e. The minimum absolute atomic E-state index is 0.145. The third-order valence-electron chi connectivity index (χ3n) is 2.07. The third-order valence-corrected chi connectivity index (χ3v) is 2.84. The number of H-pyrrole nitrogens is 1. The predicted molar refractivity (Wildman–Crippen MR) is 66.6 cm³/mol. The zero-order valence-corrected chi connectivity index (χ0v) is 11.4. The molecule has 0 saturated carbocycles. The van der Waals surface area contributed by atoms with Crippen molar-refractivity contribution in [1.29, 1.82) is 0 Å². The summed E-state index contributed by atoms with van der Waals surface area (Å²) in [5.74, 6) is 0.798. The number of aromatic nitrogens is 2. The summed E-state index contributed by atoms with van der Waals surface area (Å²) in [4.78, 5) is 18.7. The Bertz CT molecular complexity index is 401. The summed E-state index contributed by atoms with van der Waals surface area (Å²) in [5, 5.41) is 0. The van der Waals surface area contributed by atoms with Crippen molar-refractivity contribution in [2.75, 3.05) is 6.61 Å². The number of aromatic amines is 1. The fraction of sp³-hybridized carbons (Fsp3) is 0.636. The molecule has 16 heavy (non-hydrogen) atoms. The van der Waals surface area contributed by atoms with Crippen LogP contribution in [0.3, 0.4) is 0 Å². The van der Waals surface area contributed by atoms with Gasteiger partial charge in [-0.25, -0.2) is 4.98 Å². The van der Waals surface area contributed by atoms with Crippen molar-refractivity contribution in [2.24, 2.45) is 0 Å². The molecule has 0 aliphatic rings. The van der Waals surface area contributed by atoms with Crippen LogP contribution >= 0.6 is 15.9 Å². The Hall–Kier alpha value is -0.680. The molecule has 0 bridgehead atoms. The molecule has 0 aromatic carbocycles. The minimum atomic E-state index is -0.145. The highest BCUT2D eigenvalue weighted by Gasteiger charge is 2.11. The first-order valence-electron chi connectivity index (χ1n) is 5.42. The van der Waals surface area contributed by atoms with Crippen LogP contribution in [-0.4, -0.2) is 16.6 Å². The minimum Gasteiger partial charge on any atom is -0.374 e. The molecule has 1 rings (SSSR count). The summed E-state index contributed by atoms with van der Waals surface area (Å²) in [5.41, 5.74) is 0.632. The van der Waals surface area contributed by atoms with Gasteiger partial charge in [0, 0.05) is 6.61 Å². The lowest BCUT2D eigenvalue weighted by Crippen LogP contribution is -2.17. The lowest BCUT2D eigenvalue weighted by molar-refractivity contribution is 0.115. The summed E-state index contributed by atoms with van der Waals surface area (Å²) < 4.78 is 5.87. The summed E-state index contributed by atoms with van der Waals surface area (Å²) in [7, 11) is 0. The summed E-state index contributed by atoms with van der Waals surface area (Å²) in [6.07, 6.45) is 0.956. The van der Waals surface area contributed by atoms with Gasteiger partial charge in [-0.1, -0.05) is 20.8 Å². The molecule has 90 valence electrons. The Morgan fingerprint density at radius 2 is 2.19 bits per heavy atom. The fourth-order valence-electron chi connectivity index (χ4n) is 1.29. The van der Waals surface area contributed by atoms with Gasteiger partial charge >= 0.3 is 0 Å². The molecule has 1 heterocycles. The van der Waals surface area contributed by atoms with Crippen LogP contribution in [0.4, 0.5) is 0 Å². The first kappa shape index (κ1) is 13.4. The lowest BCUT2D eigenvalue weighted by atomic mass is 10.1. The van der Waals surface area contributed by atoms with Gasteiger partial charge in [0.15, 0.2) is 0 Å². The number of nitrogens with one attached hydrogen (secondary N) is 1. The topological polar surface area (TPSA) is 55.0 Å². The Morgan fingerprint density at radius 1 is 1.50 bits per heavy atom. The van der Waals surface area contributed by atoms with Gasteiger partial charge in [-0.05, 0) is 28.3 Å². The molecule has 0 aliphatic heterocycles. The normalized spacial score (nSPS) is 11.1. The van der Waals surface area contributed by atoms with Gasteiger partial charge in [-0.15, -0.1) is 0 Å². The summed E-state index contributed by atoms with van der Waals surface area (Å²) in [6, 6.07) is 0. The molecule has 4 nitrogen and oxygen atoms in total. The molecule has 0 atom stereocenters. The Labute approximate surface area is 104 Å². The zero-order chi connectivity index (χ0) is 12.1. The highest BCUT2D eigenvalue weighted by Crippen LogP contribution is 2.18. The standard InChI is InChI=1S/C11H17BrN2O2/c1-4-5-16-6-8-13-10(7(2)3)9(12)11(15)14-8/h7H,4-6H2,1-3H3,(H,13,14,15). The predicted octanol–water partition coefficient (Wildman–Crippen LogP) is 2.58. The van der Waals surface area contributed by atoms with Gasteiger partial charge in [0.05, 0.1) is 5.69 Å². The molecule has 0 amide bonds. The van der Waals surface area contributed by atoms with Crippen LogP contribution in [0.1, 0.15) is 44.6 Å². The fourth-order valence-corrected chi connectivity index (χ4v) is 1.93. The maximum atomic E-state index is 11.6. The van der Waals surface area contributed by atoms with Crippen LogP contribution in [0.5, 0.6) is 0 Å². The summed E-state index contributed by atoms with van der Waals surface area (Å²) >= 11 is 3.25. The van der Waals surface area contributed by atoms with Crippen molar-refractivity contribution >= 4 is 15.9 Å². The molecule has 0 aliphatic carbocycles. The SMILES string of the molecule is CCCOCc1nc(C(C)C)c(Br)c(=O)[nH]1. The van der Waals surface area contributed by atoms with Crippen molar-refractivity contribution < 1.29 is 4.74 Å². The summed E-state index contributed by atoms with van der Waals surface area (Å²) in [6.45, 7) is 7.08. The van der Waals surface area contributed by atoms with E-state index in [0.717, 1.165) is 12.1 Å². The Morgan fingerprint density at radius 3 is 2.75 bits per heavy atom. The molecular formula is C11H17BrN2O2. The second-order valence-corrected chi connectivity index (χ2v) is 4.71. The van der Waals surface area contributed by atoms with Gasteiger partial charge < -0.3 is 9.72 Å². The molecule has 1 N–H and O–H groups in total. The number of ether oxygens (including phenoxy) is 1. The molecule has 0 unspecified atom stereocenters. The highest BCUT2D eigenvalue weighted by atomic mass is 79.9. The van der Waals surface area contributed by atoms with Crippen molar-refractivity contribution in [1.82, 2.24) is 9.97 Å². The number of rotatable bonds is 5. The quantitative estimate of drug-likeness (QED) is 0.848. The van der Waals surface area contributed by atoms with Crippen LogP contribution in [0.15, 0.2) is 9.27 Å². The molecule has 0 fully saturated rings. The molecule has 0 spiro atoms. The van der Waals surface area contributed by atoms with E-state index in [1.165, 1.54) is 0 Å². The first-order valence-corrected chi connectivity index (χ1v) is 6.21. The van der Waals surface area contributed by atoms with Gasteiger partial charge in [0.25, 0.3) is 5.56 Å². The van der Waals surface area contributed by atoms with Gasteiger partial charge in [0.1, 0.15) is 16.9 Å². The van der Waals surface area contributed by atoms with Crippen LogP contribution in [0.2, 0.25) is 0 Å². The molecule has 0 radical (unpaired) electrons. The second-order valence-electron chi connectivity index (χ2n) is 3.92. The van der Waals surface area contributed by atoms with E-state index in [4.69, 9.17) is 4.74 Å². The number of nitrogens with zero attached hydrogens (tertiary/aromatic N) is 1. The maximum Gasteiger partial charge on any atom is 0.265 e. The van der Waals surface area contributed by atoms with Crippen molar-refractivity contribution in [3.63, 3.8) is 0 Å². The molecule has 1 aromatic rings. The van der Waals surface area contributed by atoms with Crippen molar-refractivity contribution in [3.8, 4) is 0 Å². The smallest absolute Gasteiger partial charge is 0.265 e. The van der Waals surface area contributed by atoms with E-state index in [2.05, 4.69) is 25.9 Å². The molecule has 5 heteroatoms. The average molecular weight is 289 g/mol. The van der Waals surface area contributed by atoms with E-state index in [1.54, 1.807) is 0 Å². The van der Waals surface area contributed by atoms with Gasteiger partial charge in [-0.3, -0.25) is 4.79 Å². The van der Waals surface area contributed by atoms with Crippen molar-refractivity contribution in [3.05, 3.63) is 26.3 Å². The number of hydrogen-bond donors (Lipinski definition) is 1. The number of halogens is 1. The Kier molecular flexibility index (Phi) is 5.15. The van der Waals surface area contributed by atoms with E-state index < -0.39 is 0 Å². The van der Waals surface area contributed by atoms with Crippen LogP contribution < -0.4 is 5.56 Å². The molecule has 1 aromatic heterocycles. The lowest BCUT2D eigenvalue weighted by Gasteiger charge is -2.09. The average Bonchev–Trinajstić information content (AvgIpc) is 2.23. The van der Waals surface area contributed by atoms with E-state index in [-0.39, 0.29) is 11.5 Å².